The molecule has 7 heteroatoms. The molecule has 0 atom stereocenters. The van der Waals surface area contributed by atoms with Gasteiger partial charge in [0.15, 0.2) is 0 Å². The van der Waals surface area contributed by atoms with Gasteiger partial charge in [0, 0.05) is 23.4 Å². The first-order valence-corrected chi connectivity index (χ1v) is 7.64. The van der Waals surface area contributed by atoms with Gasteiger partial charge in [0.2, 0.25) is 0 Å². The molecule has 0 unspecified atom stereocenters. The van der Waals surface area contributed by atoms with E-state index in [0.29, 0.717) is 28.3 Å². The number of nitriles is 1. The van der Waals surface area contributed by atoms with Crippen LogP contribution in [0, 0.1) is 28.4 Å². The lowest BCUT2D eigenvalue weighted by atomic mass is 10.0. The highest BCUT2D eigenvalue weighted by atomic mass is 16.6. The molecule has 0 amide bonds. The Morgan fingerprint density at radius 2 is 1.65 bits per heavy atom. The zero-order valence-electron chi connectivity index (χ0n) is 13.7. The highest BCUT2D eigenvalue weighted by Gasteiger charge is 2.11. The number of aromatic amines is 1. The number of benzene rings is 2. The van der Waals surface area contributed by atoms with Crippen LogP contribution in [0.4, 0.5) is 5.69 Å². The predicted octanol–water partition coefficient (Wildman–Crippen LogP) is 3.92. The van der Waals surface area contributed by atoms with Gasteiger partial charge in [0.05, 0.1) is 4.92 Å². The van der Waals surface area contributed by atoms with Gasteiger partial charge in [-0.2, -0.15) is 5.26 Å². The minimum atomic E-state index is -0.477. The number of H-pyrrole nitrogens is 1. The maximum atomic E-state index is 11.9. The summed E-state index contributed by atoms with van der Waals surface area (Å²) in [5, 5.41) is 19.9. The summed E-state index contributed by atoms with van der Waals surface area (Å²) in [5.41, 5.74) is 1.55. The molecule has 128 valence electrons. The molecular formula is C19H13N3O4. The van der Waals surface area contributed by atoms with Gasteiger partial charge in [0.1, 0.15) is 23.1 Å². The number of hydrogen-bond acceptors (Lipinski definition) is 5. The Hall–Kier alpha value is -3.92. The lowest BCUT2D eigenvalue weighted by Crippen LogP contribution is -2.12. The highest BCUT2D eigenvalue weighted by molar-refractivity contribution is 5.70. The molecule has 0 spiro atoms. The number of ether oxygens (including phenoxy) is 1. The Balaban J connectivity index is 1.87. The van der Waals surface area contributed by atoms with Crippen LogP contribution in [0.25, 0.3) is 11.1 Å². The van der Waals surface area contributed by atoms with Crippen molar-refractivity contribution in [3.63, 3.8) is 0 Å². The third-order valence-electron chi connectivity index (χ3n) is 3.73. The van der Waals surface area contributed by atoms with Crippen molar-refractivity contribution in [2.75, 3.05) is 0 Å². The second kappa shape index (κ2) is 6.91. The topological polar surface area (TPSA) is 109 Å². The summed E-state index contributed by atoms with van der Waals surface area (Å²) >= 11 is 0. The number of rotatable bonds is 4. The minimum absolute atomic E-state index is 0.0126. The van der Waals surface area contributed by atoms with Crippen molar-refractivity contribution in [3.8, 4) is 28.7 Å². The summed E-state index contributed by atoms with van der Waals surface area (Å²) in [6.45, 7) is 1.75. The molecule has 0 fully saturated rings. The smallest absolute Gasteiger partial charge is 0.269 e. The van der Waals surface area contributed by atoms with E-state index in [-0.39, 0.29) is 11.3 Å². The quantitative estimate of drug-likeness (QED) is 0.568. The van der Waals surface area contributed by atoms with Crippen molar-refractivity contribution in [3.05, 3.63) is 86.3 Å². The van der Waals surface area contributed by atoms with Gasteiger partial charge in [-0.3, -0.25) is 14.9 Å². The molecule has 0 saturated carbocycles. The number of aromatic nitrogens is 1. The third-order valence-corrected chi connectivity index (χ3v) is 3.73. The van der Waals surface area contributed by atoms with Crippen LogP contribution in [0.1, 0.15) is 11.3 Å². The first-order chi connectivity index (χ1) is 12.5. The van der Waals surface area contributed by atoms with Crippen molar-refractivity contribution >= 4 is 5.69 Å². The van der Waals surface area contributed by atoms with Gasteiger partial charge >= 0.3 is 0 Å². The molecule has 3 aromatic rings. The molecule has 0 aliphatic carbocycles. The maximum absolute atomic E-state index is 11.9. The molecule has 0 aliphatic heterocycles. The molecular weight excluding hydrogens is 334 g/mol. The molecule has 0 saturated heterocycles. The Kier molecular flexibility index (Phi) is 4.50. The van der Waals surface area contributed by atoms with Crippen LogP contribution in [-0.4, -0.2) is 9.91 Å². The molecule has 7 nitrogen and oxygen atoms in total. The number of hydrogen-bond donors (Lipinski definition) is 1. The van der Waals surface area contributed by atoms with Crippen LogP contribution in [0.3, 0.4) is 0 Å². The molecule has 3 rings (SSSR count). The standard InChI is InChI=1S/C19H13N3O4/c1-12-10-17(18(11-20)19(23)21-12)13-2-6-15(7-3-13)26-16-8-4-14(5-9-16)22(24)25/h2-10H,1H3,(H,21,23). The van der Waals surface area contributed by atoms with Gasteiger partial charge in [-0.15, -0.1) is 0 Å². The average Bonchev–Trinajstić information content (AvgIpc) is 2.62. The van der Waals surface area contributed by atoms with Crippen molar-refractivity contribution in [2.24, 2.45) is 0 Å². The monoisotopic (exact) mass is 347 g/mol. The fourth-order valence-corrected chi connectivity index (χ4v) is 2.50. The molecule has 1 heterocycles. The Morgan fingerprint density at radius 3 is 2.19 bits per heavy atom. The minimum Gasteiger partial charge on any atom is -0.457 e. The van der Waals surface area contributed by atoms with E-state index >= 15 is 0 Å². The first kappa shape index (κ1) is 16.9. The predicted molar refractivity (Wildman–Crippen MR) is 95.1 cm³/mol. The lowest BCUT2D eigenvalue weighted by molar-refractivity contribution is -0.384. The average molecular weight is 347 g/mol. The summed E-state index contributed by atoms with van der Waals surface area (Å²) in [7, 11) is 0. The van der Waals surface area contributed by atoms with Gasteiger partial charge in [-0.25, -0.2) is 0 Å². The fourth-order valence-electron chi connectivity index (χ4n) is 2.50. The highest BCUT2D eigenvalue weighted by Crippen LogP contribution is 2.28. The molecule has 1 N–H and O–H groups in total. The lowest BCUT2D eigenvalue weighted by Gasteiger charge is -2.08. The van der Waals surface area contributed by atoms with Gasteiger partial charge in [-0.05, 0) is 42.8 Å². The second-order valence-corrected chi connectivity index (χ2v) is 5.56. The number of pyridine rings is 1. The van der Waals surface area contributed by atoms with Crippen molar-refractivity contribution in [2.45, 2.75) is 6.92 Å². The van der Waals surface area contributed by atoms with E-state index in [1.165, 1.54) is 24.3 Å². The summed E-state index contributed by atoms with van der Waals surface area (Å²) in [4.78, 5) is 24.7. The summed E-state index contributed by atoms with van der Waals surface area (Å²) < 4.78 is 5.65. The molecule has 2 aromatic carbocycles. The molecule has 0 radical (unpaired) electrons. The van der Waals surface area contributed by atoms with Gasteiger partial charge < -0.3 is 9.72 Å². The van der Waals surface area contributed by atoms with Crippen molar-refractivity contribution in [1.82, 2.24) is 4.98 Å². The fraction of sp³-hybridized carbons (Fsp3) is 0.0526. The third kappa shape index (κ3) is 3.44. The van der Waals surface area contributed by atoms with Crippen LogP contribution in [0.2, 0.25) is 0 Å². The van der Waals surface area contributed by atoms with Crippen LogP contribution in [0.5, 0.6) is 11.5 Å². The number of nitro groups is 1. The van der Waals surface area contributed by atoms with E-state index < -0.39 is 10.5 Å². The normalized spacial score (nSPS) is 10.2. The molecule has 0 bridgehead atoms. The molecule has 26 heavy (non-hydrogen) atoms. The number of nitro benzene ring substituents is 1. The summed E-state index contributed by atoms with van der Waals surface area (Å²) in [5.74, 6) is 0.996. The van der Waals surface area contributed by atoms with Crippen LogP contribution < -0.4 is 10.3 Å². The Labute approximate surface area is 148 Å². The van der Waals surface area contributed by atoms with Gasteiger partial charge in [0.25, 0.3) is 11.2 Å². The van der Waals surface area contributed by atoms with Crippen LogP contribution in [-0.2, 0) is 0 Å². The first-order valence-electron chi connectivity index (χ1n) is 7.64. The van der Waals surface area contributed by atoms with Crippen LogP contribution in [0.15, 0.2) is 59.4 Å². The number of non-ortho nitro benzene ring substituents is 1. The van der Waals surface area contributed by atoms with E-state index in [2.05, 4.69) is 4.98 Å². The zero-order chi connectivity index (χ0) is 18.7. The van der Waals surface area contributed by atoms with E-state index in [1.54, 1.807) is 37.3 Å². The largest absolute Gasteiger partial charge is 0.457 e. The van der Waals surface area contributed by atoms with E-state index in [9.17, 15) is 20.2 Å². The van der Waals surface area contributed by atoms with E-state index in [4.69, 9.17) is 4.74 Å². The summed E-state index contributed by atoms with van der Waals surface area (Å²) in [6.07, 6.45) is 0. The molecule has 0 aliphatic rings. The van der Waals surface area contributed by atoms with Crippen LogP contribution >= 0.6 is 0 Å². The van der Waals surface area contributed by atoms with E-state index in [1.807, 2.05) is 6.07 Å². The van der Waals surface area contributed by atoms with Crippen molar-refractivity contribution in [1.29, 1.82) is 5.26 Å². The second-order valence-electron chi connectivity index (χ2n) is 5.56. The number of aryl methyl sites for hydroxylation is 1. The summed E-state index contributed by atoms with van der Waals surface area (Å²) in [6, 6.07) is 16.3. The Bertz CT molecular complexity index is 1060. The van der Waals surface area contributed by atoms with Gasteiger partial charge in [-0.1, -0.05) is 12.1 Å². The maximum Gasteiger partial charge on any atom is 0.269 e. The van der Waals surface area contributed by atoms with Crippen molar-refractivity contribution < 1.29 is 9.66 Å². The Morgan fingerprint density at radius 1 is 1.08 bits per heavy atom. The molecule has 1 aromatic heterocycles. The number of nitrogens with zero attached hydrogens (tertiary/aromatic N) is 2. The zero-order valence-corrected chi connectivity index (χ0v) is 13.7. The number of nitrogens with one attached hydrogen (secondary N) is 1. The van der Waals surface area contributed by atoms with E-state index in [0.717, 1.165) is 0 Å². The SMILES string of the molecule is Cc1cc(-c2ccc(Oc3ccc([N+](=O)[O-])cc3)cc2)c(C#N)c(=O)[nH]1.